The Morgan fingerprint density at radius 2 is 1.88 bits per heavy atom. The lowest BCUT2D eigenvalue weighted by Crippen LogP contribution is -2.09. The Kier molecular flexibility index (Phi) is 5.12. The number of thioether (sulfide) groups is 1. The van der Waals surface area contributed by atoms with Crippen LogP contribution in [-0.4, -0.2) is 35.6 Å². The smallest absolute Gasteiger partial charge is 0.355 e. The number of aromatic carboxylic acids is 1. The number of aromatic nitrogens is 5. The van der Waals surface area contributed by atoms with E-state index >= 15 is 0 Å². The number of hydrogen-bond donors (Lipinski definition) is 1. The number of fused-ring (bicyclic) bond motifs is 3. The van der Waals surface area contributed by atoms with Gasteiger partial charge in [-0.1, -0.05) is 34.5 Å². The van der Waals surface area contributed by atoms with E-state index in [4.69, 9.17) is 28.2 Å². The Hall–Kier alpha value is -2.33. The topological polar surface area (TPSA) is 85.8 Å². The van der Waals surface area contributed by atoms with Crippen molar-refractivity contribution >= 4 is 52.3 Å². The van der Waals surface area contributed by atoms with E-state index in [0.717, 1.165) is 26.7 Å². The quantitative estimate of drug-likeness (QED) is 0.357. The zero-order valence-electron chi connectivity index (χ0n) is 17.5. The highest BCUT2D eigenvalue weighted by atomic mass is 35.5. The van der Waals surface area contributed by atoms with Gasteiger partial charge in [0, 0.05) is 17.9 Å². The molecule has 11 heteroatoms. The highest BCUT2D eigenvalue weighted by Gasteiger charge is 2.31. The molecule has 0 aliphatic carbocycles. The van der Waals surface area contributed by atoms with Gasteiger partial charge in [-0.3, -0.25) is 4.68 Å². The van der Waals surface area contributed by atoms with E-state index in [9.17, 15) is 9.90 Å². The normalized spacial score (nSPS) is 15.0. The summed E-state index contributed by atoms with van der Waals surface area (Å²) in [6.45, 7) is 5.76. The maximum Gasteiger partial charge on any atom is 0.355 e. The highest BCUT2D eigenvalue weighted by molar-refractivity contribution is 8.01. The molecule has 0 bridgehead atoms. The molecule has 1 aromatic carbocycles. The predicted octanol–water partition coefficient (Wildman–Crippen LogP) is 6.18. The average Bonchev–Trinajstić information content (AvgIpc) is 3.37. The minimum Gasteiger partial charge on any atom is -0.476 e. The van der Waals surface area contributed by atoms with Gasteiger partial charge in [0.05, 0.1) is 42.6 Å². The molecule has 1 atom stereocenters. The Bertz CT molecular complexity index is 1420. The third kappa shape index (κ3) is 3.26. The monoisotopic (exact) mass is 505 g/mol. The van der Waals surface area contributed by atoms with E-state index in [1.165, 1.54) is 16.0 Å². The molecule has 4 heterocycles. The summed E-state index contributed by atoms with van der Waals surface area (Å²) < 4.78 is 4.07. The van der Waals surface area contributed by atoms with Crippen LogP contribution in [0.5, 0.6) is 0 Å². The Morgan fingerprint density at radius 3 is 2.53 bits per heavy atom. The molecule has 0 amide bonds. The minimum atomic E-state index is -1.08. The summed E-state index contributed by atoms with van der Waals surface area (Å²) in [4.78, 5) is 17.1. The molecule has 0 saturated carbocycles. The summed E-state index contributed by atoms with van der Waals surface area (Å²) in [5.41, 5.74) is 5.40. The number of hydrogen-bond acceptors (Lipinski definition) is 6. The van der Waals surface area contributed by atoms with Crippen LogP contribution in [0.4, 0.5) is 0 Å². The summed E-state index contributed by atoms with van der Waals surface area (Å²) in [7, 11) is 1.79. The van der Waals surface area contributed by atoms with Gasteiger partial charge in [-0.05, 0) is 44.5 Å². The third-order valence-corrected chi connectivity index (χ3v) is 8.46. The molecule has 0 radical (unpaired) electrons. The maximum atomic E-state index is 12.3. The summed E-state index contributed by atoms with van der Waals surface area (Å²) in [5, 5.41) is 20.6. The van der Waals surface area contributed by atoms with Crippen LogP contribution in [-0.2, 0) is 7.05 Å². The van der Waals surface area contributed by atoms with Crippen molar-refractivity contribution in [1.29, 1.82) is 0 Å². The van der Waals surface area contributed by atoms with Crippen molar-refractivity contribution in [2.24, 2.45) is 7.05 Å². The van der Waals surface area contributed by atoms with Gasteiger partial charge < -0.3 is 5.11 Å². The SMILES string of the molecule is Cc1cc(-c2c(C)nn(-c3nc4c(s3)SC(C)c3cc(Cl)c(Cl)cc3-4)c2C(=O)O)n(C)n1. The van der Waals surface area contributed by atoms with Crippen molar-refractivity contribution in [2.45, 2.75) is 30.2 Å². The van der Waals surface area contributed by atoms with E-state index in [0.29, 0.717) is 32.1 Å². The zero-order chi connectivity index (χ0) is 22.9. The first-order chi connectivity index (χ1) is 15.2. The zero-order valence-corrected chi connectivity index (χ0v) is 20.6. The number of rotatable bonds is 3. The van der Waals surface area contributed by atoms with Gasteiger partial charge in [-0.15, -0.1) is 11.8 Å². The Balaban J connectivity index is 1.72. The standard InChI is InChI=1S/C21H17Cl2N5O2S2/c1-8-5-15(27(4)25-8)16-9(2)26-28(18(16)19(29)30)21-24-17-12-7-14(23)13(22)6-11(12)10(3)31-20(17)32-21/h5-7,10H,1-4H3,(H,29,30). The molecule has 0 fully saturated rings. The number of carboxylic acids is 1. The number of aryl methyl sites for hydroxylation is 3. The van der Waals surface area contributed by atoms with Crippen molar-refractivity contribution in [1.82, 2.24) is 24.5 Å². The van der Waals surface area contributed by atoms with Crippen LogP contribution in [0.2, 0.25) is 10.0 Å². The average molecular weight is 506 g/mol. The van der Waals surface area contributed by atoms with Crippen LogP contribution in [0.3, 0.4) is 0 Å². The van der Waals surface area contributed by atoms with E-state index in [1.54, 1.807) is 30.4 Å². The second-order valence-electron chi connectivity index (χ2n) is 7.57. The third-order valence-electron chi connectivity index (χ3n) is 5.36. The fourth-order valence-corrected chi connectivity index (χ4v) is 6.85. The molecule has 1 aliphatic heterocycles. The molecule has 1 unspecified atom stereocenters. The van der Waals surface area contributed by atoms with Crippen LogP contribution in [0.1, 0.15) is 39.6 Å². The number of carboxylic acid groups (broad SMARTS) is 1. The van der Waals surface area contributed by atoms with Gasteiger partial charge in [0.15, 0.2) is 5.69 Å². The molecule has 5 rings (SSSR count). The number of carbonyl (C=O) groups is 1. The van der Waals surface area contributed by atoms with Crippen LogP contribution in [0.15, 0.2) is 22.4 Å². The fraction of sp³-hybridized carbons (Fsp3) is 0.238. The van der Waals surface area contributed by atoms with Crippen LogP contribution < -0.4 is 0 Å². The molecule has 7 nitrogen and oxygen atoms in total. The Labute approximate surface area is 202 Å². The molecular formula is C21H17Cl2N5O2S2. The lowest BCUT2D eigenvalue weighted by Gasteiger charge is -2.21. The summed E-state index contributed by atoms with van der Waals surface area (Å²) >= 11 is 15.6. The molecule has 0 saturated heterocycles. The first-order valence-corrected chi connectivity index (χ1v) is 12.1. The molecule has 0 spiro atoms. The van der Waals surface area contributed by atoms with Crippen LogP contribution >= 0.6 is 46.3 Å². The maximum absolute atomic E-state index is 12.3. The molecule has 3 aromatic heterocycles. The first-order valence-electron chi connectivity index (χ1n) is 9.66. The van der Waals surface area contributed by atoms with Gasteiger partial charge in [0.1, 0.15) is 0 Å². The Morgan fingerprint density at radius 1 is 1.16 bits per heavy atom. The lowest BCUT2D eigenvalue weighted by atomic mass is 10.0. The van der Waals surface area contributed by atoms with Crippen molar-refractivity contribution in [3.63, 3.8) is 0 Å². The summed E-state index contributed by atoms with van der Waals surface area (Å²) in [5.74, 6) is -1.08. The largest absolute Gasteiger partial charge is 0.476 e. The summed E-state index contributed by atoms with van der Waals surface area (Å²) in [6, 6.07) is 5.56. The van der Waals surface area contributed by atoms with Gasteiger partial charge in [-0.25, -0.2) is 9.78 Å². The van der Waals surface area contributed by atoms with Gasteiger partial charge in [0.25, 0.3) is 0 Å². The number of nitrogens with zero attached hydrogens (tertiary/aromatic N) is 5. The number of halogens is 2. The first kappa shape index (κ1) is 21.5. The molecule has 32 heavy (non-hydrogen) atoms. The number of thiazole rings is 1. The van der Waals surface area contributed by atoms with E-state index < -0.39 is 5.97 Å². The molecule has 164 valence electrons. The van der Waals surface area contributed by atoms with Gasteiger partial charge >= 0.3 is 5.97 Å². The van der Waals surface area contributed by atoms with Crippen molar-refractivity contribution < 1.29 is 9.90 Å². The predicted molar refractivity (Wildman–Crippen MR) is 128 cm³/mol. The fourth-order valence-electron chi connectivity index (χ4n) is 3.98. The minimum absolute atomic E-state index is 0.0593. The van der Waals surface area contributed by atoms with E-state index in [1.807, 2.05) is 25.1 Å². The second kappa shape index (κ2) is 7.62. The van der Waals surface area contributed by atoms with Crippen molar-refractivity contribution in [3.8, 4) is 27.6 Å². The summed E-state index contributed by atoms with van der Waals surface area (Å²) in [6.07, 6.45) is 0. The van der Waals surface area contributed by atoms with Gasteiger partial charge in [0.2, 0.25) is 5.13 Å². The molecule has 4 aromatic rings. The molecule has 1 N–H and O–H groups in total. The lowest BCUT2D eigenvalue weighted by molar-refractivity contribution is 0.0687. The van der Waals surface area contributed by atoms with Crippen LogP contribution in [0.25, 0.3) is 27.6 Å². The van der Waals surface area contributed by atoms with Crippen LogP contribution in [0, 0.1) is 13.8 Å². The second-order valence-corrected chi connectivity index (χ2v) is 11.0. The van der Waals surface area contributed by atoms with E-state index in [-0.39, 0.29) is 10.9 Å². The van der Waals surface area contributed by atoms with E-state index in [2.05, 4.69) is 17.1 Å². The molecule has 1 aliphatic rings. The van der Waals surface area contributed by atoms with Crippen molar-refractivity contribution in [2.75, 3.05) is 0 Å². The van der Waals surface area contributed by atoms with Crippen molar-refractivity contribution in [3.05, 3.63) is 50.9 Å². The number of benzene rings is 1. The molecular weight excluding hydrogens is 489 g/mol. The highest BCUT2D eigenvalue weighted by Crippen LogP contribution is 2.53. The van der Waals surface area contributed by atoms with Gasteiger partial charge in [-0.2, -0.15) is 14.9 Å².